The molecule has 0 amide bonds. The average Bonchev–Trinajstić information content (AvgIpc) is 2.49. The first kappa shape index (κ1) is 15.5. The molecule has 2 nitrogen and oxygen atoms in total. The topological polar surface area (TPSA) is 27.0 Å². The Morgan fingerprint density at radius 1 is 1.29 bits per heavy atom. The van der Waals surface area contributed by atoms with Crippen molar-refractivity contribution in [3.05, 3.63) is 70.0 Å². The van der Waals surface area contributed by atoms with E-state index in [2.05, 4.69) is 11.8 Å². The van der Waals surface area contributed by atoms with Crippen molar-refractivity contribution in [2.45, 2.75) is 19.5 Å². The van der Waals surface area contributed by atoms with E-state index in [9.17, 15) is 4.39 Å². The van der Waals surface area contributed by atoms with Crippen LogP contribution >= 0.6 is 11.6 Å². The average molecular weight is 303 g/mol. The number of nitrogens with zero attached hydrogens (tertiary/aromatic N) is 2. The van der Waals surface area contributed by atoms with E-state index in [-0.39, 0.29) is 11.6 Å². The molecule has 108 valence electrons. The quantitative estimate of drug-likeness (QED) is 0.829. The molecule has 2 aromatic carbocycles. The molecule has 0 aromatic heterocycles. The predicted octanol–water partition coefficient (Wildman–Crippen LogP) is 4.54. The Morgan fingerprint density at radius 2 is 2.00 bits per heavy atom. The highest BCUT2D eigenvalue weighted by Gasteiger charge is 2.15. The van der Waals surface area contributed by atoms with Crippen LogP contribution in [0.1, 0.15) is 29.7 Å². The van der Waals surface area contributed by atoms with E-state index in [1.54, 1.807) is 12.1 Å². The zero-order valence-corrected chi connectivity index (χ0v) is 12.7. The summed E-state index contributed by atoms with van der Waals surface area (Å²) in [4.78, 5) is 2.11. The molecule has 0 heterocycles. The van der Waals surface area contributed by atoms with Crippen LogP contribution < -0.4 is 0 Å². The molecule has 0 radical (unpaired) electrons. The van der Waals surface area contributed by atoms with Crippen LogP contribution in [0.3, 0.4) is 0 Å². The summed E-state index contributed by atoms with van der Waals surface area (Å²) in [6.45, 7) is 2.68. The summed E-state index contributed by atoms with van der Waals surface area (Å²) in [6, 6.07) is 14.3. The van der Waals surface area contributed by atoms with Crippen LogP contribution in [-0.2, 0) is 6.54 Å². The van der Waals surface area contributed by atoms with Crippen molar-refractivity contribution in [1.82, 2.24) is 4.90 Å². The summed E-state index contributed by atoms with van der Waals surface area (Å²) in [5.74, 6) is -0.483. The Kier molecular flexibility index (Phi) is 4.95. The maximum absolute atomic E-state index is 13.3. The molecule has 0 fully saturated rings. The van der Waals surface area contributed by atoms with Crippen molar-refractivity contribution in [3.8, 4) is 6.07 Å². The number of rotatable bonds is 4. The standard InChI is InChI=1S/C17H16ClFN2/c1-12(15-5-3-4-6-16(15)18)21(2)11-13-7-8-17(19)14(9-13)10-20/h3-9,12H,11H2,1-2H3. The van der Waals surface area contributed by atoms with Crippen LogP contribution in [0.2, 0.25) is 5.02 Å². The molecule has 1 atom stereocenters. The highest BCUT2D eigenvalue weighted by molar-refractivity contribution is 6.31. The van der Waals surface area contributed by atoms with Gasteiger partial charge < -0.3 is 0 Å². The molecule has 0 N–H and O–H groups in total. The highest BCUT2D eigenvalue weighted by atomic mass is 35.5. The monoisotopic (exact) mass is 302 g/mol. The minimum Gasteiger partial charge on any atom is -0.295 e. The largest absolute Gasteiger partial charge is 0.295 e. The third kappa shape index (κ3) is 3.60. The van der Waals surface area contributed by atoms with Gasteiger partial charge in [0, 0.05) is 17.6 Å². The Labute approximate surface area is 129 Å². The van der Waals surface area contributed by atoms with Crippen molar-refractivity contribution in [1.29, 1.82) is 5.26 Å². The van der Waals surface area contributed by atoms with Gasteiger partial charge in [0.15, 0.2) is 0 Å². The maximum atomic E-state index is 13.3. The number of hydrogen-bond acceptors (Lipinski definition) is 2. The van der Waals surface area contributed by atoms with Crippen molar-refractivity contribution in [2.75, 3.05) is 7.05 Å². The molecule has 0 aliphatic carbocycles. The van der Waals surface area contributed by atoms with Crippen molar-refractivity contribution < 1.29 is 4.39 Å². The van der Waals surface area contributed by atoms with Crippen LogP contribution in [0.5, 0.6) is 0 Å². The van der Waals surface area contributed by atoms with E-state index in [0.717, 1.165) is 16.1 Å². The summed E-state index contributed by atoms with van der Waals surface area (Å²) in [6.07, 6.45) is 0. The molecular formula is C17H16ClFN2. The second-order valence-electron chi connectivity index (χ2n) is 5.04. The fraction of sp³-hybridized carbons (Fsp3) is 0.235. The molecule has 0 saturated carbocycles. The summed E-state index contributed by atoms with van der Waals surface area (Å²) >= 11 is 6.22. The number of hydrogen-bond donors (Lipinski definition) is 0. The number of benzene rings is 2. The predicted molar refractivity (Wildman–Crippen MR) is 82.4 cm³/mol. The van der Waals surface area contributed by atoms with Crippen LogP contribution in [0.4, 0.5) is 4.39 Å². The highest BCUT2D eigenvalue weighted by Crippen LogP contribution is 2.27. The molecule has 2 aromatic rings. The van der Waals surface area contributed by atoms with Gasteiger partial charge in [-0.1, -0.05) is 35.9 Å². The van der Waals surface area contributed by atoms with Crippen molar-refractivity contribution >= 4 is 11.6 Å². The van der Waals surface area contributed by atoms with Crippen molar-refractivity contribution in [3.63, 3.8) is 0 Å². The Morgan fingerprint density at radius 3 is 2.67 bits per heavy atom. The van der Waals surface area contributed by atoms with E-state index >= 15 is 0 Å². The lowest BCUT2D eigenvalue weighted by molar-refractivity contribution is 0.253. The minimum atomic E-state index is -0.483. The van der Waals surface area contributed by atoms with Crippen molar-refractivity contribution in [2.24, 2.45) is 0 Å². The van der Waals surface area contributed by atoms with Gasteiger partial charge in [0.1, 0.15) is 11.9 Å². The zero-order chi connectivity index (χ0) is 15.4. The first-order valence-corrected chi connectivity index (χ1v) is 7.04. The van der Waals surface area contributed by atoms with Crippen LogP contribution in [0.25, 0.3) is 0 Å². The van der Waals surface area contributed by atoms with Gasteiger partial charge in [-0.3, -0.25) is 4.90 Å². The SMILES string of the molecule is CC(c1ccccc1Cl)N(C)Cc1ccc(F)c(C#N)c1. The molecule has 0 spiro atoms. The van der Waals surface area contributed by atoms with E-state index < -0.39 is 5.82 Å². The third-order valence-electron chi connectivity index (χ3n) is 3.60. The molecule has 2 rings (SSSR count). The molecule has 21 heavy (non-hydrogen) atoms. The first-order valence-electron chi connectivity index (χ1n) is 6.66. The van der Waals surface area contributed by atoms with Crippen LogP contribution in [0.15, 0.2) is 42.5 Å². The molecule has 0 aliphatic heterocycles. The van der Waals surface area contributed by atoms with Gasteiger partial charge in [-0.2, -0.15) is 5.26 Å². The summed E-state index contributed by atoms with van der Waals surface area (Å²) in [5, 5.41) is 9.61. The lowest BCUT2D eigenvalue weighted by atomic mass is 10.1. The van der Waals surface area contributed by atoms with Gasteiger partial charge in [-0.25, -0.2) is 4.39 Å². The van der Waals surface area contributed by atoms with E-state index in [1.165, 1.54) is 6.07 Å². The van der Waals surface area contributed by atoms with Crippen LogP contribution in [0, 0.1) is 17.1 Å². The second kappa shape index (κ2) is 6.71. The number of nitriles is 1. The summed E-state index contributed by atoms with van der Waals surface area (Å²) in [5.41, 5.74) is 2.02. The summed E-state index contributed by atoms with van der Waals surface area (Å²) < 4.78 is 13.3. The third-order valence-corrected chi connectivity index (χ3v) is 3.94. The minimum absolute atomic E-state index is 0.0753. The molecule has 0 bridgehead atoms. The van der Waals surface area contributed by atoms with Gasteiger partial charge in [0.25, 0.3) is 0 Å². The molecule has 0 saturated heterocycles. The summed E-state index contributed by atoms with van der Waals surface area (Å²) in [7, 11) is 1.98. The lowest BCUT2D eigenvalue weighted by Crippen LogP contribution is -2.22. The van der Waals surface area contributed by atoms with Gasteiger partial charge in [-0.05, 0) is 43.3 Å². The molecular weight excluding hydrogens is 287 g/mol. The fourth-order valence-electron chi connectivity index (χ4n) is 2.23. The van der Waals surface area contributed by atoms with E-state index in [1.807, 2.05) is 37.4 Å². The van der Waals surface area contributed by atoms with Gasteiger partial charge in [-0.15, -0.1) is 0 Å². The Hall–Kier alpha value is -1.89. The smallest absolute Gasteiger partial charge is 0.140 e. The van der Waals surface area contributed by atoms with Crippen LogP contribution in [-0.4, -0.2) is 11.9 Å². The van der Waals surface area contributed by atoms with E-state index in [4.69, 9.17) is 16.9 Å². The van der Waals surface area contributed by atoms with Gasteiger partial charge in [0.05, 0.1) is 5.56 Å². The zero-order valence-electron chi connectivity index (χ0n) is 12.0. The Balaban J connectivity index is 2.16. The lowest BCUT2D eigenvalue weighted by Gasteiger charge is -2.26. The van der Waals surface area contributed by atoms with Gasteiger partial charge in [0.2, 0.25) is 0 Å². The maximum Gasteiger partial charge on any atom is 0.140 e. The molecule has 0 aliphatic rings. The van der Waals surface area contributed by atoms with Gasteiger partial charge >= 0.3 is 0 Å². The number of halogens is 2. The molecule has 4 heteroatoms. The fourth-order valence-corrected chi connectivity index (χ4v) is 2.53. The second-order valence-corrected chi connectivity index (χ2v) is 5.45. The molecule has 1 unspecified atom stereocenters. The van der Waals surface area contributed by atoms with E-state index in [0.29, 0.717) is 6.54 Å². The normalized spacial score (nSPS) is 12.2. The first-order chi connectivity index (χ1) is 10.0. The Bertz CT molecular complexity index is 679.